The van der Waals surface area contributed by atoms with E-state index in [1.165, 1.54) is 12.8 Å². The number of aryl methyl sites for hydroxylation is 1. The molecule has 3 fully saturated rings. The molecular weight excluding hydrogens is 613 g/mol. The minimum atomic E-state index is -0.674. The van der Waals surface area contributed by atoms with Gasteiger partial charge in [-0.2, -0.15) is 5.10 Å². The highest BCUT2D eigenvalue weighted by atomic mass is 32.2. The van der Waals surface area contributed by atoms with E-state index in [1.807, 2.05) is 22.8 Å². The predicted molar refractivity (Wildman–Crippen MR) is 186 cm³/mol. The van der Waals surface area contributed by atoms with Crippen LogP contribution in [0, 0.1) is 6.92 Å². The van der Waals surface area contributed by atoms with Crippen molar-refractivity contribution in [1.82, 2.24) is 40.1 Å². The van der Waals surface area contributed by atoms with E-state index < -0.39 is 6.04 Å². The number of aromatic amines is 2. The second-order valence-electron chi connectivity index (χ2n) is 13.7. The normalized spacial score (nSPS) is 20.8. The lowest BCUT2D eigenvalue weighted by molar-refractivity contribution is -0.135. The molecule has 1 atom stereocenters. The van der Waals surface area contributed by atoms with Crippen molar-refractivity contribution in [2.75, 3.05) is 65.2 Å². The molecule has 47 heavy (non-hydrogen) atoms. The molecule has 0 bridgehead atoms. The van der Waals surface area contributed by atoms with Crippen LogP contribution in [0.25, 0.3) is 17.0 Å². The molecular formula is C35H46N8O3S. The first-order valence-corrected chi connectivity index (χ1v) is 18.1. The van der Waals surface area contributed by atoms with Gasteiger partial charge in [-0.25, -0.2) is 4.79 Å². The minimum absolute atomic E-state index is 0.0206. The largest absolute Gasteiger partial charge is 0.338 e. The van der Waals surface area contributed by atoms with Crippen LogP contribution in [0.2, 0.25) is 0 Å². The Balaban J connectivity index is 1.02. The van der Waals surface area contributed by atoms with Gasteiger partial charge in [0.25, 0.3) is 5.56 Å². The summed E-state index contributed by atoms with van der Waals surface area (Å²) in [6, 6.07) is 5.86. The van der Waals surface area contributed by atoms with Crippen LogP contribution in [0.5, 0.6) is 0 Å². The number of piperazine rings is 1. The number of benzene rings is 1. The number of piperidine rings is 2. The number of nitrogens with one attached hydrogen (secondary N) is 3. The molecule has 4 aliphatic rings. The van der Waals surface area contributed by atoms with Crippen molar-refractivity contribution in [2.24, 2.45) is 0 Å². The summed E-state index contributed by atoms with van der Waals surface area (Å²) >= 11 is 1.65. The maximum atomic E-state index is 14.1. The third kappa shape index (κ3) is 7.00. The average Bonchev–Trinajstić information content (AvgIpc) is 3.57. The Morgan fingerprint density at radius 2 is 1.77 bits per heavy atom. The van der Waals surface area contributed by atoms with E-state index in [4.69, 9.17) is 0 Å². The monoisotopic (exact) mass is 658 g/mol. The van der Waals surface area contributed by atoms with Gasteiger partial charge in [-0.3, -0.25) is 19.6 Å². The number of carbonyl (C=O) groups is 2. The number of hydrogen-bond donors (Lipinski definition) is 3. The Labute approximate surface area is 280 Å². The zero-order chi connectivity index (χ0) is 32.5. The molecule has 12 heteroatoms. The Hall–Kier alpha value is -3.61. The standard InChI is InChI=1S/C35H46N8O3S/c1-23-18-24(19-27-22-36-39-31(23)27)20-30(34(45)42-15-13-41(14-16-42)28-7-9-40(2)10-8-28)37-35(46)43-11-5-25(6-12-43)29-21-26-4-3-17-47-33(26)38-32(29)44/h3-4,18-19,21-22,25,28,30H,5-17,20H2,1-2H3,(H,36,39)(H,37,46)(H,38,44)/t30-/m1/s1. The van der Waals surface area contributed by atoms with Crippen LogP contribution in [0.1, 0.15) is 53.9 Å². The fourth-order valence-electron chi connectivity index (χ4n) is 7.79. The first kappa shape index (κ1) is 32.0. The van der Waals surface area contributed by atoms with E-state index in [0.717, 1.165) is 70.1 Å². The SMILES string of the molecule is Cc1cc(C[C@@H](NC(=O)N2CCC(c3cc4c([nH]c3=O)SCC=C4)CC2)C(=O)N2CCN(C3CCN(C)CC3)CC2)cc2cn[nH]c12. The number of thioether (sulfide) groups is 1. The van der Waals surface area contributed by atoms with Gasteiger partial charge in [0.05, 0.1) is 16.7 Å². The summed E-state index contributed by atoms with van der Waals surface area (Å²) < 4.78 is 0. The maximum absolute atomic E-state index is 14.1. The van der Waals surface area contributed by atoms with E-state index in [2.05, 4.69) is 61.6 Å². The minimum Gasteiger partial charge on any atom is -0.338 e. The molecule has 11 nitrogen and oxygen atoms in total. The molecule has 3 saturated heterocycles. The Morgan fingerprint density at radius 3 is 2.53 bits per heavy atom. The van der Waals surface area contributed by atoms with Gasteiger partial charge in [0, 0.05) is 74.0 Å². The summed E-state index contributed by atoms with van der Waals surface area (Å²) in [4.78, 5) is 52.6. The molecule has 2 aromatic heterocycles. The van der Waals surface area contributed by atoms with Gasteiger partial charge in [0.1, 0.15) is 6.04 Å². The van der Waals surface area contributed by atoms with E-state index >= 15 is 0 Å². The van der Waals surface area contributed by atoms with E-state index in [0.29, 0.717) is 51.5 Å². The fourth-order valence-corrected chi connectivity index (χ4v) is 8.60. The highest BCUT2D eigenvalue weighted by Crippen LogP contribution is 2.31. The third-order valence-corrected chi connectivity index (χ3v) is 11.6. The van der Waals surface area contributed by atoms with Crippen molar-refractivity contribution in [1.29, 1.82) is 0 Å². The molecule has 7 rings (SSSR count). The van der Waals surface area contributed by atoms with Crippen LogP contribution in [0.15, 0.2) is 40.3 Å². The molecule has 0 unspecified atom stereocenters. The fraction of sp³-hybridized carbons (Fsp3) is 0.543. The summed E-state index contributed by atoms with van der Waals surface area (Å²) in [6.45, 7) is 8.43. The van der Waals surface area contributed by atoms with Gasteiger partial charge in [-0.1, -0.05) is 18.2 Å². The van der Waals surface area contributed by atoms with Crippen molar-refractivity contribution in [3.8, 4) is 0 Å². The topological polar surface area (TPSA) is 121 Å². The second kappa shape index (κ2) is 13.9. The van der Waals surface area contributed by atoms with Crippen molar-refractivity contribution in [3.05, 3.63) is 63.1 Å². The number of nitrogens with zero attached hydrogens (tertiary/aromatic N) is 5. The van der Waals surface area contributed by atoms with Gasteiger partial charge in [-0.05, 0) is 81.9 Å². The lowest BCUT2D eigenvalue weighted by Gasteiger charge is -2.43. The first-order valence-electron chi connectivity index (χ1n) is 17.1. The Kier molecular flexibility index (Phi) is 9.42. The Morgan fingerprint density at radius 1 is 1.00 bits per heavy atom. The van der Waals surface area contributed by atoms with Crippen molar-refractivity contribution in [3.63, 3.8) is 0 Å². The number of rotatable bonds is 6. The molecule has 1 aromatic carbocycles. The number of aromatic nitrogens is 3. The average molecular weight is 659 g/mol. The molecule has 3 amide bonds. The number of H-pyrrole nitrogens is 2. The van der Waals surface area contributed by atoms with Crippen LogP contribution in [0.4, 0.5) is 4.79 Å². The number of hydrogen-bond acceptors (Lipinski definition) is 7. The predicted octanol–water partition coefficient (Wildman–Crippen LogP) is 3.42. The molecule has 3 aromatic rings. The zero-order valence-electron chi connectivity index (χ0n) is 27.5. The summed E-state index contributed by atoms with van der Waals surface area (Å²) in [5.74, 6) is 0.940. The molecule has 0 spiro atoms. The van der Waals surface area contributed by atoms with Gasteiger partial charge in [0.2, 0.25) is 5.91 Å². The van der Waals surface area contributed by atoms with Gasteiger partial charge in [0.15, 0.2) is 0 Å². The van der Waals surface area contributed by atoms with Gasteiger partial charge < -0.3 is 25.0 Å². The van der Waals surface area contributed by atoms with Gasteiger partial charge >= 0.3 is 6.03 Å². The summed E-state index contributed by atoms with van der Waals surface area (Å²) in [6.07, 6.45) is 10.2. The lowest BCUT2D eigenvalue weighted by Crippen LogP contribution is -2.59. The van der Waals surface area contributed by atoms with Gasteiger partial charge in [-0.15, -0.1) is 11.8 Å². The highest BCUT2D eigenvalue weighted by molar-refractivity contribution is 7.99. The van der Waals surface area contributed by atoms with Crippen LogP contribution in [-0.2, 0) is 11.2 Å². The van der Waals surface area contributed by atoms with Crippen LogP contribution in [0.3, 0.4) is 0 Å². The molecule has 0 saturated carbocycles. The summed E-state index contributed by atoms with van der Waals surface area (Å²) in [5.41, 5.74) is 4.88. The molecule has 0 aliphatic carbocycles. The molecule has 4 aliphatic heterocycles. The summed E-state index contributed by atoms with van der Waals surface area (Å²) in [5, 5.41) is 12.3. The van der Waals surface area contributed by atoms with Crippen LogP contribution in [-0.4, -0.2) is 124 Å². The number of fused-ring (bicyclic) bond motifs is 2. The third-order valence-electron chi connectivity index (χ3n) is 10.6. The molecule has 250 valence electrons. The van der Waals surface area contributed by atoms with E-state index in [9.17, 15) is 14.4 Å². The Bertz CT molecular complexity index is 1690. The molecule has 0 radical (unpaired) electrons. The number of pyridine rings is 1. The van der Waals surface area contributed by atoms with Crippen molar-refractivity contribution in [2.45, 2.75) is 62.1 Å². The second-order valence-corrected chi connectivity index (χ2v) is 14.7. The number of urea groups is 1. The zero-order valence-corrected chi connectivity index (χ0v) is 28.3. The van der Waals surface area contributed by atoms with E-state index in [-0.39, 0.29) is 23.4 Å². The van der Waals surface area contributed by atoms with Crippen LogP contribution >= 0.6 is 11.8 Å². The van der Waals surface area contributed by atoms with Crippen molar-refractivity contribution >= 4 is 40.7 Å². The quantitative estimate of drug-likeness (QED) is 0.371. The number of carbonyl (C=O) groups excluding carboxylic acids is 2. The number of amides is 3. The maximum Gasteiger partial charge on any atom is 0.318 e. The first-order chi connectivity index (χ1) is 22.8. The number of likely N-dealkylation sites (tertiary alicyclic amines) is 2. The van der Waals surface area contributed by atoms with Crippen molar-refractivity contribution < 1.29 is 9.59 Å². The highest BCUT2D eigenvalue weighted by Gasteiger charge is 2.34. The van der Waals surface area contributed by atoms with E-state index in [1.54, 1.807) is 18.0 Å². The molecule has 3 N–H and O–H groups in total. The van der Waals surface area contributed by atoms with Crippen LogP contribution < -0.4 is 10.9 Å². The molecule has 6 heterocycles. The lowest BCUT2D eigenvalue weighted by atomic mass is 9.89. The summed E-state index contributed by atoms with van der Waals surface area (Å²) in [7, 11) is 2.18. The smallest absolute Gasteiger partial charge is 0.318 e.